The quantitative estimate of drug-likeness (QED) is 0.618. The zero-order chi connectivity index (χ0) is 12.6. The van der Waals surface area contributed by atoms with Crippen LogP contribution in [0.3, 0.4) is 0 Å². The molecular formula is C9H19N3O3S. The van der Waals surface area contributed by atoms with Gasteiger partial charge in [-0.1, -0.05) is 0 Å². The molecule has 2 atom stereocenters. The minimum Gasteiger partial charge on any atom is -0.368 e. The summed E-state index contributed by atoms with van der Waals surface area (Å²) in [4.78, 5) is 12.9. The fraction of sp³-hybridized carbons (Fsp3) is 0.889. The van der Waals surface area contributed by atoms with Crippen LogP contribution in [0.1, 0.15) is 13.3 Å². The molecule has 1 saturated heterocycles. The maximum atomic E-state index is 11.3. The van der Waals surface area contributed by atoms with Crippen LogP contribution in [0.25, 0.3) is 0 Å². The Morgan fingerprint density at radius 1 is 1.56 bits per heavy atom. The van der Waals surface area contributed by atoms with Crippen molar-refractivity contribution in [3.63, 3.8) is 0 Å². The molecule has 6 nitrogen and oxygen atoms in total. The second-order valence-electron chi connectivity index (χ2n) is 4.75. The first kappa shape index (κ1) is 13.4. The summed E-state index contributed by atoms with van der Waals surface area (Å²) >= 11 is 0. The van der Waals surface area contributed by atoms with E-state index in [4.69, 9.17) is 11.5 Å². The topological polar surface area (TPSA) is 106 Å². The molecule has 0 saturated carbocycles. The predicted octanol–water partition coefficient (Wildman–Crippen LogP) is -1.69. The molecule has 1 aliphatic rings. The van der Waals surface area contributed by atoms with Crippen LogP contribution in [-0.2, 0) is 14.6 Å². The van der Waals surface area contributed by atoms with E-state index in [0.29, 0.717) is 6.42 Å². The Hall–Kier alpha value is -0.660. The fourth-order valence-corrected chi connectivity index (χ4v) is 3.65. The van der Waals surface area contributed by atoms with Crippen LogP contribution >= 0.6 is 0 Å². The van der Waals surface area contributed by atoms with Gasteiger partial charge < -0.3 is 16.4 Å². The average Bonchev–Trinajstić information content (AvgIpc) is 2.45. The first-order valence-corrected chi connectivity index (χ1v) is 6.96. The van der Waals surface area contributed by atoms with E-state index in [9.17, 15) is 13.2 Å². The molecule has 0 aliphatic carbocycles. The van der Waals surface area contributed by atoms with Crippen molar-refractivity contribution in [3.8, 4) is 0 Å². The molecule has 1 heterocycles. The molecule has 0 aromatic heterocycles. The van der Waals surface area contributed by atoms with Crippen molar-refractivity contribution in [1.82, 2.24) is 4.90 Å². The van der Waals surface area contributed by atoms with E-state index in [2.05, 4.69) is 0 Å². The van der Waals surface area contributed by atoms with Crippen LogP contribution in [0.4, 0.5) is 0 Å². The molecule has 0 aromatic rings. The minimum absolute atomic E-state index is 0.0628. The molecular weight excluding hydrogens is 230 g/mol. The van der Waals surface area contributed by atoms with Crippen molar-refractivity contribution in [3.05, 3.63) is 0 Å². The summed E-state index contributed by atoms with van der Waals surface area (Å²) in [7, 11) is -1.15. The van der Waals surface area contributed by atoms with E-state index in [1.807, 2.05) is 0 Å². The summed E-state index contributed by atoms with van der Waals surface area (Å²) in [5.41, 5.74) is 9.77. The highest BCUT2D eigenvalue weighted by molar-refractivity contribution is 7.91. The molecule has 94 valence electrons. The van der Waals surface area contributed by atoms with Gasteiger partial charge in [-0.15, -0.1) is 0 Å². The van der Waals surface area contributed by atoms with Gasteiger partial charge in [0.25, 0.3) is 0 Å². The van der Waals surface area contributed by atoms with Gasteiger partial charge in [0, 0.05) is 12.6 Å². The van der Waals surface area contributed by atoms with Crippen LogP contribution < -0.4 is 11.5 Å². The molecule has 2 unspecified atom stereocenters. The Morgan fingerprint density at radius 2 is 2.12 bits per heavy atom. The third kappa shape index (κ3) is 3.16. The van der Waals surface area contributed by atoms with E-state index in [0.717, 1.165) is 0 Å². The lowest BCUT2D eigenvalue weighted by atomic mass is 10.0. The van der Waals surface area contributed by atoms with Crippen molar-refractivity contribution in [2.75, 3.05) is 25.1 Å². The normalized spacial score (nSPS) is 27.9. The van der Waals surface area contributed by atoms with E-state index in [-0.39, 0.29) is 24.1 Å². The van der Waals surface area contributed by atoms with Crippen LogP contribution in [0.5, 0.6) is 0 Å². The van der Waals surface area contributed by atoms with Gasteiger partial charge in [-0.05, 0) is 20.4 Å². The second-order valence-corrected chi connectivity index (χ2v) is 6.98. The van der Waals surface area contributed by atoms with Crippen LogP contribution in [0.2, 0.25) is 0 Å². The number of nitrogens with zero attached hydrogens (tertiary/aromatic N) is 1. The van der Waals surface area contributed by atoms with Crippen molar-refractivity contribution in [2.45, 2.75) is 24.9 Å². The highest BCUT2D eigenvalue weighted by Gasteiger charge is 2.35. The summed E-state index contributed by atoms with van der Waals surface area (Å²) < 4.78 is 22.6. The largest absolute Gasteiger partial charge is 0.368 e. The predicted molar refractivity (Wildman–Crippen MR) is 61.5 cm³/mol. The molecule has 0 radical (unpaired) electrons. The van der Waals surface area contributed by atoms with Gasteiger partial charge in [0.15, 0.2) is 9.84 Å². The standard InChI is InChI=1S/C9H19N3O3S/c1-9(11,8(10)13)6-12(2)7-3-4-16(14,15)5-7/h7H,3-6,11H2,1-2H3,(H2,10,13). The summed E-state index contributed by atoms with van der Waals surface area (Å²) in [6.45, 7) is 1.82. The van der Waals surface area contributed by atoms with Gasteiger partial charge in [-0.3, -0.25) is 4.79 Å². The minimum atomic E-state index is -2.91. The summed E-state index contributed by atoms with van der Waals surface area (Å²) in [6.07, 6.45) is 0.591. The molecule has 0 spiro atoms. The first-order chi connectivity index (χ1) is 7.14. The number of hydrogen-bond donors (Lipinski definition) is 2. The number of nitrogens with two attached hydrogens (primary N) is 2. The Bertz CT molecular complexity index is 377. The van der Waals surface area contributed by atoms with E-state index >= 15 is 0 Å². The maximum absolute atomic E-state index is 11.3. The molecule has 7 heteroatoms. The van der Waals surface area contributed by atoms with Crippen LogP contribution in [0.15, 0.2) is 0 Å². The molecule has 0 bridgehead atoms. The van der Waals surface area contributed by atoms with Gasteiger partial charge in [-0.25, -0.2) is 8.42 Å². The number of carbonyl (C=O) groups is 1. The highest BCUT2D eigenvalue weighted by Crippen LogP contribution is 2.17. The highest BCUT2D eigenvalue weighted by atomic mass is 32.2. The molecule has 1 amide bonds. The fourth-order valence-electron chi connectivity index (χ4n) is 1.85. The van der Waals surface area contributed by atoms with Crippen LogP contribution in [-0.4, -0.2) is 55.9 Å². The molecule has 0 aromatic carbocycles. The second kappa shape index (κ2) is 4.31. The van der Waals surface area contributed by atoms with Gasteiger partial charge in [0.05, 0.1) is 11.5 Å². The van der Waals surface area contributed by atoms with Gasteiger partial charge in [0.1, 0.15) is 5.54 Å². The van der Waals surface area contributed by atoms with Gasteiger partial charge in [-0.2, -0.15) is 0 Å². The van der Waals surface area contributed by atoms with Gasteiger partial charge >= 0.3 is 0 Å². The van der Waals surface area contributed by atoms with Crippen molar-refractivity contribution in [1.29, 1.82) is 0 Å². The lowest BCUT2D eigenvalue weighted by molar-refractivity contribution is -0.123. The Balaban J connectivity index is 2.61. The lowest BCUT2D eigenvalue weighted by Crippen LogP contribution is -2.57. The molecule has 16 heavy (non-hydrogen) atoms. The van der Waals surface area contributed by atoms with Crippen molar-refractivity contribution in [2.24, 2.45) is 11.5 Å². The Labute approximate surface area is 95.9 Å². The Kier molecular flexibility index (Phi) is 3.61. The zero-order valence-electron chi connectivity index (χ0n) is 9.64. The van der Waals surface area contributed by atoms with E-state index in [1.165, 1.54) is 0 Å². The number of carbonyl (C=O) groups excluding carboxylic acids is 1. The van der Waals surface area contributed by atoms with Crippen molar-refractivity contribution < 1.29 is 13.2 Å². The molecule has 1 aliphatic heterocycles. The van der Waals surface area contributed by atoms with Gasteiger partial charge in [0.2, 0.25) is 5.91 Å². The maximum Gasteiger partial charge on any atom is 0.238 e. The zero-order valence-corrected chi connectivity index (χ0v) is 10.5. The number of hydrogen-bond acceptors (Lipinski definition) is 5. The summed E-state index contributed by atoms with van der Waals surface area (Å²) in [5, 5.41) is 0. The van der Waals surface area contributed by atoms with E-state index < -0.39 is 21.3 Å². The Morgan fingerprint density at radius 3 is 2.50 bits per heavy atom. The van der Waals surface area contributed by atoms with Crippen molar-refractivity contribution >= 4 is 15.7 Å². The number of primary amides is 1. The summed E-state index contributed by atoms with van der Waals surface area (Å²) in [5.74, 6) is -0.238. The number of amides is 1. The first-order valence-electron chi connectivity index (χ1n) is 5.13. The third-order valence-corrected chi connectivity index (χ3v) is 4.72. The van der Waals surface area contributed by atoms with Crippen LogP contribution in [0, 0.1) is 0 Å². The molecule has 1 fully saturated rings. The SMILES string of the molecule is CN(CC(C)(N)C(N)=O)C1CCS(=O)(=O)C1. The molecule has 1 rings (SSSR count). The monoisotopic (exact) mass is 249 g/mol. The smallest absolute Gasteiger partial charge is 0.238 e. The average molecular weight is 249 g/mol. The molecule has 4 N–H and O–H groups in total. The van der Waals surface area contributed by atoms with E-state index in [1.54, 1.807) is 18.9 Å². The third-order valence-electron chi connectivity index (χ3n) is 2.97. The lowest BCUT2D eigenvalue weighted by Gasteiger charge is -2.30. The number of sulfone groups is 1. The summed E-state index contributed by atoms with van der Waals surface area (Å²) in [6, 6.07) is -0.0628. The number of likely N-dealkylation sites (N-methyl/N-ethyl adjacent to an activating group) is 1. The number of rotatable bonds is 4.